The Morgan fingerprint density at radius 3 is 2.61 bits per heavy atom. The van der Waals surface area contributed by atoms with Crippen LogP contribution in [0.4, 0.5) is 5.82 Å². The maximum Gasteiger partial charge on any atom is 0.255 e. The van der Waals surface area contributed by atoms with Gasteiger partial charge < -0.3 is 9.47 Å². The molecule has 31 heavy (non-hydrogen) atoms. The van der Waals surface area contributed by atoms with Crippen LogP contribution in [0.1, 0.15) is 42.1 Å². The van der Waals surface area contributed by atoms with Crippen molar-refractivity contribution in [2.75, 3.05) is 31.1 Å². The fraction of sp³-hybridized carbons (Fsp3) is 0.480. The highest BCUT2D eigenvalue weighted by Crippen LogP contribution is 2.38. The lowest BCUT2D eigenvalue weighted by molar-refractivity contribution is 0.277. The van der Waals surface area contributed by atoms with Crippen molar-refractivity contribution in [1.29, 1.82) is 0 Å². The van der Waals surface area contributed by atoms with Crippen LogP contribution in [0.2, 0.25) is 0 Å². The molecule has 6 heteroatoms. The van der Waals surface area contributed by atoms with Gasteiger partial charge in [0.05, 0.1) is 5.69 Å². The fourth-order valence-corrected chi connectivity index (χ4v) is 5.92. The van der Waals surface area contributed by atoms with Gasteiger partial charge in [0, 0.05) is 54.1 Å². The van der Waals surface area contributed by atoms with Crippen molar-refractivity contribution < 1.29 is 0 Å². The molecular formula is C25H29N5O. The van der Waals surface area contributed by atoms with E-state index in [1.54, 1.807) is 0 Å². The third-order valence-corrected chi connectivity index (χ3v) is 7.43. The second-order valence-corrected chi connectivity index (χ2v) is 9.54. The molecule has 2 saturated heterocycles. The van der Waals surface area contributed by atoms with Crippen molar-refractivity contribution in [2.24, 2.45) is 5.92 Å². The van der Waals surface area contributed by atoms with Crippen molar-refractivity contribution >= 4 is 16.6 Å². The minimum atomic E-state index is 0.230. The maximum atomic E-state index is 13.3. The number of hydrogen-bond donors (Lipinski definition) is 0. The van der Waals surface area contributed by atoms with E-state index in [1.807, 2.05) is 6.92 Å². The van der Waals surface area contributed by atoms with Gasteiger partial charge in [0.1, 0.15) is 0 Å². The first-order chi connectivity index (χ1) is 15.2. The van der Waals surface area contributed by atoms with Gasteiger partial charge in [-0.1, -0.05) is 30.3 Å². The standard InChI is InChI=1S/C25H29N5O/c1-17-21-6-2-3-7-22(21)24(27-26-17)29-13-18-12-20(16-29)23-9-8-19(25(31)30(23)14-18)15-28-10-4-5-11-28/h2-3,6-9,18,20H,4-5,10-16H2,1H3/t18-,20+/m0/s1. The number of rotatable bonds is 3. The van der Waals surface area contributed by atoms with E-state index in [2.05, 4.69) is 61.0 Å². The Labute approximate surface area is 182 Å². The van der Waals surface area contributed by atoms with Crippen LogP contribution < -0.4 is 10.5 Å². The molecule has 2 fully saturated rings. The summed E-state index contributed by atoms with van der Waals surface area (Å²) in [6.45, 7) is 7.69. The number of piperidine rings is 1. The Kier molecular flexibility index (Phi) is 4.56. The summed E-state index contributed by atoms with van der Waals surface area (Å²) in [6.07, 6.45) is 3.66. The molecule has 6 rings (SSSR count). The highest BCUT2D eigenvalue weighted by molar-refractivity contribution is 5.93. The van der Waals surface area contributed by atoms with E-state index >= 15 is 0 Å². The predicted molar refractivity (Wildman–Crippen MR) is 123 cm³/mol. The number of nitrogens with zero attached hydrogens (tertiary/aromatic N) is 5. The maximum absolute atomic E-state index is 13.3. The van der Waals surface area contributed by atoms with Gasteiger partial charge in [0.15, 0.2) is 5.82 Å². The quantitative estimate of drug-likeness (QED) is 0.657. The first-order valence-corrected chi connectivity index (χ1v) is 11.6. The van der Waals surface area contributed by atoms with Gasteiger partial charge in [-0.25, -0.2) is 0 Å². The summed E-state index contributed by atoms with van der Waals surface area (Å²) in [5.41, 5.74) is 3.35. The van der Waals surface area contributed by atoms with Crippen molar-refractivity contribution in [3.05, 3.63) is 63.7 Å². The number of hydrogen-bond acceptors (Lipinski definition) is 5. The molecule has 5 heterocycles. The molecule has 0 amide bonds. The molecule has 3 aliphatic rings. The number of aromatic nitrogens is 3. The summed E-state index contributed by atoms with van der Waals surface area (Å²) in [5.74, 6) is 1.81. The molecule has 2 aromatic heterocycles. The molecule has 0 N–H and O–H groups in total. The summed E-state index contributed by atoms with van der Waals surface area (Å²) in [4.78, 5) is 18.1. The normalized spacial score (nSPS) is 23.3. The predicted octanol–water partition coefficient (Wildman–Crippen LogP) is 3.32. The van der Waals surface area contributed by atoms with Gasteiger partial charge in [-0.05, 0) is 51.3 Å². The van der Waals surface area contributed by atoms with Crippen LogP contribution in [-0.2, 0) is 13.1 Å². The van der Waals surface area contributed by atoms with Crippen LogP contribution in [0, 0.1) is 12.8 Å². The van der Waals surface area contributed by atoms with Crippen molar-refractivity contribution in [2.45, 2.75) is 45.2 Å². The molecule has 3 aromatic rings. The van der Waals surface area contributed by atoms with Gasteiger partial charge >= 0.3 is 0 Å². The Balaban J connectivity index is 1.32. The van der Waals surface area contributed by atoms with E-state index < -0.39 is 0 Å². The highest BCUT2D eigenvalue weighted by Gasteiger charge is 2.36. The summed E-state index contributed by atoms with van der Waals surface area (Å²) < 4.78 is 2.08. The van der Waals surface area contributed by atoms with E-state index in [1.165, 1.54) is 29.3 Å². The molecule has 1 aromatic carbocycles. The van der Waals surface area contributed by atoms with Crippen LogP contribution in [0.3, 0.4) is 0 Å². The lowest BCUT2D eigenvalue weighted by Gasteiger charge is -2.43. The number of aryl methyl sites for hydroxylation is 1. The number of fused-ring (bicyclic) bond motifs is 5. The summed E-state index contributed by atoms with van der Waals surface area (Å²) in [6, 6.07) is 12.7. The topological polar surface area (TPSA) is 54.3 Å². The molecule has 3 aliphatic heterocycles. The molecule has 0 aliphatic carbocycles. The van der Waals surface area contributed by atoms with E-state index in [4.69, 9.17) is 0 Å². The van der Waals surface area contributed by atoms with Crippen LogP contribution in [0.25, 0.3) is 10.8 Å². The lowest BCUT2D eigenvalue weighted by atomic mass is 9.83. The molecule has 0 saturated carbocycles. The fourth-order valence-electron chi connectivity index (χ4n) is 5.92. The molecule has 160 valence electrons. The molecule has 0 radical (unpaired) electrons. The van der Waals surface area contributed by atoms with Gasteiger partial charge in [-0.3, -0.25) is 9.69 Å². The first kappa shape index (κ1) is 19.0. The smallest absolute Gasteiger partial charge is 0.255 e. The van der Waals surface area contributed by atoms with Gasteiger partial charge in [0.2, 0.25) is 0 Å². The monoisotopic (exact) mass is 415 g/mol. The zero-order valence-electron chi connectivity index (χ0n) is 18.1. The SMILES string of the molecule is Cc1nnc(N2C[C@@H]3C[C@H](C2)c2ccc(CN4CCCC4)c(=O)n2C3)c2ccccc12. The average molecular weight is 416 g/mol. The minimum absolute atomic E-state index is 0.230. The number of pyridine rings is 1. The Bertz CT molecular complexity index is 1200. The Morgan fingerprint density at radius 2 is 1.77 bits per heavy atom. The first-order valence-electron chi connectivity index (χ1n) is 11.6. The third-order valence-electron chi connectivity index (χ3n) is 7.43. The third kappa shape index (κ3) is 3.24. The molecule has 2 atom stereocenters. The second-order valence-electron chi connectivity index (χ2n) is 9.54. The van der Waals surface area contributed by atoms with Gasteiger partial charge in [-0.2, -0.15) is 5.10 Å². The van der Waals surface area contributed by atoms with E-state index in [9.17, 15) is 4.79 Å². The molecule has 2 bridgehead atoms. The Hall–Kier alpha value is -2.73. The van der Waals surface area contributed by atoms with Crippen LogP contribution in [0.15, 0.2) is 41.2 Å². The summed E-state index contributed by atoms with van der Waals surface area (Å²) in [7, 11) is 0. The molecule has 6 nitrogen and oxygen atoms in total. The van der Waals surface area contributed by atoms with Crippen LogP contribution in [0.5, 0.6) is 0 Å². The van der Waals surface area contributed by atoms with E-state index in [0.29, 0.717) is 11.8 Å². The zero-order chi connectivity index (χ0) is 20.9. The van der Waals surface area contributed by atoms with E-state index in [-0.39, 0.29) is 5.56 Å². The van der Waals surface area contributed by atoms with Crippen molar-refractivity contribution in [3.8, 4) is 0 Å². The number of likely N-dealkylation sites (tertiary alicyclic amines) is 1. The largest absolute Gasteiger partial charge is 0.354 e. The van der Waals surface area contributed by atoms with Crippen LogP contribution in [-0.4, -0.2) is 45.8 Å². The zero-order valence-corrected chi connectivity index (χ0v) is 18.1. The van der Waals surface area contributed by atoms with E-state index in [0.717, 1.165) is 62.8 Å². The summed E-state index contributed by atoms with van der Waals surface area (Å²) in [5, 5.41) is 11.4. The second kappa shape index (κ2) is 7.45. The average Bonchev–Trinajstić information content (AvgIpc) is 3.30. The van der Waals surface area contributed by atoms with Crippen molar-refractivity contribution in [3.63, 3.8) is 0 Å². The lowest BCUT2D eigenvalue weighted by Crippen LogP contribution is -2.48. The van der Waals surface area contributed by atoms with Crippen LogP contribution >= 0.6 is 0 Å². The molecule has 0 spiro atoms. The number of benzene rings is 1. The minimum Gasteiger partial charge on any atom is -0.354 e. The number of anilines is 1. The van der Waals surface area contributed by atoms with Gasteiger partial charge in [-0.15, -0.1) is 5.10 Å². The van der Waals surface area contributed by atoms with Crippen molar-refractivity contribution in [1.82, 2.24) is 19.7 Å². The molecule has 0 unspecified atom stereocenters. The highest BCUT2D eigenvalue weighted by atomic mass is 16.1. The summed E-state index contributed by atoms with van der Waals surface area (Å²) >= 11 is 0. The van der Waals surface area contributed by atoms with Gasteiger partial charge in [0.25, 0.3) is 5.56 Å². The Morgan fingerprint density at radius 1 is 0.968 bits per heavy atom. The molecular weight excluding hydrogens is 386 g/mol.